The summed E-state index contributed by atoms with van der Waals surface area (Å²) in [4.78, 5) is 10.1. The molecule has 1 unspecified atom stereocenters. The molecule has 0 spiro atoms. The minimum absolute atomic E-state index is 0.506. The number of hydrogen-bond acceptors (Lipinski definition) is 2. The topological polar surface area (TPSA) is 31.9 Å². The van der Waals surface area contributed by atoms with Crippen LogP contribution < -0.4 is 0 Å². The smallest absolute Gasteiger partial charge is 0.103 e. The molecule has 3 heteroatoms. The molecule has 1 aromatic carbocycles. The fraction of sp³-hybridized carbons (Fsp3) is 0.438. The van der Waals surface area contributed by atoms with Gasteiger partial charge in [-0.2, -0.15) is 0 Å². The molecular weight excluding hydrogens is 234 g/mol. The van der Waals surface area contributed by atoms with E-state index in [-0.39, 0.29) is 0 Å². The number of likely N-dealkylation sites (tertiary alicyclic amines) is 1. The van der Waals surface area contributed by atoms with Gasteiger partial charge in [0.25, 0.3) is 0 Å². The molecule has 0 bridgehead atoms. The summed E-state index contributed by atoms with van der Waals surface area (Å²) in [5, 5.41) is 0. The number of nitrogens with one attached hydrogen (secondary N) is 1. The molecule has 1 aliphatic rings. The molecule has 1 atom stereocenters. The van der Waals surface area contributed by atoms with Crippen LogP contribution in [-0.4, -0.2) is 28.0 Å². The largest absolute Gasteiger partial charge is 0.342 e. The van der Waals surface area contributed by atoms with Gasteiger partial charge in [0.2, 0.25) is 0 Å². The molecule has 1 aromatic heterocycles. The zero-order valence-corrected chi connectivity index (χ0v) is 11.7. The van der Waals surface area contributed by atoms with Crippen LogP contribution in [0.15, 0.2) is 30.5 Å². The van der Waals surface area contributed by atoms with E-state index < -0.39 is 0 Å². The normalized spacial score (nSPS) is 17.8. The minimum atomic E-state index is 0.506. The molecule has 19 heavy (non-hydrogen) atoms. The van der Waals surface area contributed by atoms with Crippen molar-refractivity contribution in [3.8, 4) is 11.3 Å². The van der Waals surface area contributed by atoms with Gasteiger partial charge in [-0.15, -0.1) is 0 Å². The average molecular weight is 255 g/mol. The molecule has 0 saturated carbocycles. The molecule has 100 valence electrons. The lowest BCUT2D eigenvalue weighted by Gasteiger charge is -2.24. The summed E-state index contributed by atoms with van der Waals surface area (Å²) in [5.41, 5.74) is 3.73. The zero-order valence-electron chi connectivity index (χ0n) is 11.7. The van der Waals surface area contributed by atoms with Crippen LogP contribution in [0.25, 0.3) is 11.3 Å². The third-order valence-corrected chi connectivity index (χ3v) is 4.07. The van der Waals surface area contributed by atoms with Crippen LogP contribution in [0.1, 0.15) is 37.2 Å². The number of hydrogen-bond donors (Lipinski definition) is 1. The van der Waals surface area contributed by atoms with E-state index in [9.17, 15) is 0 Å². The zero-order chi connectivity index (χ0) is 13.2. The maximum atomic E-state index is 4.28. The SMILES string of the molecule is Cc1ncc(-c2cccc(C(C)N3CCCC3)c2)[nH]1. The van der Waals surface area contributed by atoms with E-state index in [4.69, 9.17) is 0 Å². The Labute approximate surface area is 114 Å². The number of rotatable bonds is 3. The molecule has 3 nitrogen and oxygen atoms in total. The van der Waals surface area contributed by atoms with Crippen molar-refractivity contribution in [3.05, 3.63) is 41.9 Å². The quantitative estimate of drug-likeness (QED) is 0.909. The van der Waals surface area contributed by atoms with E-state index in [1.807, 2.05) is 13.1 Å². The van der Waals surface area contributed by atoms with E-state index >= 15 is 0 Å². The first-order chi connectivity index (χ1) is 9.24. The van der Waals surface area contributed by atoms with Crippen molar-refractivity contribution in [2.24, 2.45) is 0 Å². The summed E-state index contributed by atoms with van der Waals surface area (Å²) in [6.07, 6.45) is 4.59. The van der Waals surface area contributed by atoms with Crippen molar-refractivity contribution in [2.45, 2.75) is 32.7 Å². The maximum Gasteiger partial charge on any atom is 0.103 e. The van der Waals surface area contributed by atoms with E-state index in [1.54, 1.807) is 0 Å². The molecule has 1 fully saturated rings. The number of benzene rings is 1. The minimum Gasteiger partial charge on any atom is -0.342 e. The first kappa shape index (κ1) is 12.4. The highest BCUT2D eigenvalue weighted by Crippen LogP contribution is 2.27. The molecule has 2 aromatic rings. The molecule has 3 rings (SSSR count). The van der Waals surface area contributed by atoms with Crippen molar-refractivity contribution in [3.63, 3.8) is 0 Å². The number of imidazole rings is 1. The molecule has 1 N–H and O–H groups in total. The summed E-state index contributed by atoms with van der Waals surface area (Å²) in [6.45, 7) is 6.76. The Kier molecular flexibility index (Phi) is 3.38. The Morgan fingerprint density at radius 3 is 2.74 bits per heavy atom. The lowest BCUT2D eigenvalue weighted by molar-refractivity contribution is 0.263. The number of aryl methyl sites for hydroxylation is 1. The molecular formula is C16H21N3. The number of aromatic nitrogens is 2. The van der Waals surface area contributed by atoms with Gasteiger partial charge in [-0.1, -0.05) is 18.2 Å². The van der Waals surface area contributed by atoms with Crippen LogP contribution in [0.4, 0.5) is 0 Å². The monoisotopic (exact) mass is 255 g/mol. The Morgan fingerprint density at radius 2 is 2.05 bits per heavy atom. The molecule has 0 radical (unpaired) electrons. The first-order valence-electron chi connectivity index (χ1n) is 7.10. The molecule has 0 amide bonds. The van der Waals surface area contributed by atoms with Crippen LogP contribution >= 0.6 is 0 Å². The highest BCUT2D eigenvalue weighted by atomic mass is 15.2. The van der Waals surface area contributed by atoms with Gasteiger partial charge in [0.15, 0.2) is 0 Å². The molecule has 0 aliphatic carbocycles. The van der Waals surface area contributed by atoms with Gasteiger partial charge >= 0.3 is 0 Å². The summed E-state index contributed by atoms with van der Waals surface area (Å²) < 4.78 is 0. The predicted molar refractivity (Wildman–Crippen MR) is 78.0 cm³/mol. The molecule has 1 aliphatic heterocycles. The summed E-state index contributed by atoms with van der Waals surface area (Å²) in [6, 6.07) is 9.32. The van der Waals surface area contributed by atoms with Crippen molar-refractivity contribution in [1.82, 2.24) is 14.9 Å². The van der Waals surface area contributed by atoms with Gasteiger partial charge in [0, 0.05) is 6.04 Å². The Morgan fingerprint density at radius 1 is 1.26 bits per heavy atom. The summed E-state index contributed by atoms with van der Waals surface area (Å²) >= 11 is 0. The van der Waals surface area contributed by atoms with E-state index in [1.165, 1.54) is 37.1 Å². The highest BCUT2D eigenvalue weighted by molar-refractivity contribution is 5.59. The molecule has 1 saturated heterocycles. The van der Waals surface area contributed by atoms with Crippen molar-refractivity contribution >= 4 is 0 Å². The van der Waals surface area contributed by atoms with Gasteiger partial charge in [-0.25, -0.2) is 4.98 Å². The van der Waals surface area contributed by atoms with Crippen molar-refractivity contribution < 1.29 is 0 Å². The van der Waals surface area contributed by atoms with Gasteiger partial charge in [-0.3, -0.25) is 4.90 Å². The van der Waals surface area contributed by atoms with Crippen LogP contribution in [0, 0.1) is 6.92 Å². The van der Waals surface area contributed by atoms with Crippen LogP contribution in [0.2, 0.25) is 0 Å². The number of H-pyrrole nitrogens is 1. The average Bonchev–Trinajstić information content (AvgIpc) is 3.09. The van der Waals surface area contributed by atoms with E-state index in [0.717, 1.165) is 11.5 Å². The summed E-state index contributed by atoms with van der Waals surface area (Å²) in [5.74, 6) is 0.966. The second kappa shape index (κ2) is 5.17. The number of nitrogens with zero attached hydrogens (tertiary/aromatic N) is 2. The van der Waals surface area contributed by atoms with E-state index in [2.05, 4.69) is 46.1 Å². The highest BCUT2D eigenvalue weighted by Gasteiger charge is 2.19. The Hall–Kier alpha value is -1.61. The maximum absolute atomic E-state index is 4.28. The first-order valence-corrected chi connectivity index (χ1v) is 7.10. The van der Waals surface area contributed by atoms with Crippen LogP contribution in [-0.2, 0) is 0 Å². The second-order valence-electron chi connectivity index (χ2n) is 5.43. The molecule has 2 heterocycles. The van der Waals surface area contributed by atoms with E-state index in [0.29, 0.717) is 6.04 Å². The number of aromatic amines is 1. The second-order valence-corrected chi connectivity index (χ2v) is 5.43. The van der Waals surface area contributed by atoms with Crippen LogP contribution in [0.5, 0.6) is 0 Å². The third kappa shape index (κ3) is 2.56. The van der Waals surface area contributed by atoms with Crippen LogP contribution in [0.3, 0.4) is 0 Å². The van der Waals surface area contributed by atoms with Crippen molar-refractivity contribution in [1.29, 1.82) is 0 Å². The Balaban J connectivity index is 1.87. The standard InChI is InChI=1S/C16H21N3/c1-12(19-8-3-4-9-19)14-6-5-7-15(10-14)16-11-17-13(2)18-16/h5-7,10-12H,3-4,8-9H2,1-2H3,(H,17,18). The Bertz CT molecular complexity index is 553. The lowest BCUT2D eigenvalue weighted by Crippen LogP contribution is -2.23. The van der Waals surface area contributed by atoms with Gasteiger partial charge in [0.1, 0.15) is 5.82 Å². The summed E-state index contributed by atoms with van der Waals surface area (Å²) in [7, 11) is 0. The lowest BCUT2D eigenvalue weighted by atomic mass is 10.0. The predicted octanol–water partition coefficient (Wildman–Crippen LogP) is 3.54. The van der Waals surface area contributed by atoms with Gasteiger partial charge in [-0.05, 0) is 57.0 Å². The fourth-order valence-electron chi connectivity index (χ4n) is 2.87. The van der Waals surface area contributed by atoms with Crippen molar-refractivity contribution in [2.75, 3.05) is 13.1 Å². The van der Waals surface area contributed by atoms with Gasteiger partial charge in [0.05, 0.1) is 11.9 Å². The fourth-order valence-corrected chi connectivity index (χ4v) is 2.87. The van der Waals surface area contributed by atoms with Gasteiger partial charge < -0.3 is 4.98 Å². The third-order valence-electron chi connectivity index (χ3n) is 4.07.